The summed E-state index contributed by atoms with van der Waals surface area (Å²) in [5.41, 5.74) is 0.535. The Labute approximate surface area is 119 Å². The van der Waals surface area contributed by atoms with Crippen LogP contribution >= 0.6 is 0 Å². The third kappa shape index (κ3) is 3.55. The largest absolute Gasteiger partial charge is 0.378 e. The summed E-state index contributed by atoms with van der Waals surface area (Å²) < 4.78 is 32.5. The van der Waals surface area contributed by atoms with Crippen LogP contribution in [0.15, 0.2) is 18.2 Å². The second kappa shape index (κ2) is 6.64. The minimum atomic E-state index is -0.525. The lowest BCUT2D eigenvalue weighted by atomic mass is 9.74. The molecule has 1 fully saturated rings. The Hall–Kier alpha value is -1.00. The molecular formula is C16H23F2NO. The summed E-state index contributed by atoms with van der Waals surface area (Å²) in [4.78, 5) is 0. The molecule has 20 heavy (non-hydrogen) atoms. The Morgan fingerprint density at radius 1 is 1.25 bits per heavy atom. The average molecular weight is 283 g/mol. The Bertz CT molecular complexity index is 420. The van der Waals surface area contributed by atoms with Crippen LogP contribution < -0.4 is 5.32 Å². The van der Waals surface area contributed by atoms with Crippen LogP contribution in [0.25, 0.3) is 0 Å². The fraction of sp³-hybridized carbons (Fsp3) is 0.625. The van der Waals surface area contributed by atoms with Gasteiger partial charge in [-0.1, -0.05) is 6.92 Å². The highest BCUT2D eigenvalue weighted by Gasteiger charge is 2.39. The smallest absolute Gasteiger partial charge is 0.126 e. The van der Waals surface area contributed by atoms with Crippen LogP contribution in [0.2, 0.25) is 0 Å². The molecule has 0 aliphatic heterocycles. The van der Waals surface area contributed by atoms with Crippen molar-refractivity contribution < 1.29 is 13.5 Å². The highest BCUT2D eigenvalue weighted by atomic mass is 19.1. The van der Waals surface area contributed by atoms with Crippen LogP contribution in [0, 0.1) is 11.6 Å². The maximum Gasteiger partial charge on any atom is 0.126 e. The van der Waals surface area contributed by atoms with Gasteiger partial charge >= 0.3 is 0 Å². The second-order valence-electron chi connectivity index (χ2n) is 5.65. The molecule has 2 rings (SSSR count). The highest BCUT2D eigenvalue weighted by Crippen LogP contribution is 2.42. The third-order valence-electron chi connectivity index (χ3n) is 4.20. The van der Waals surface area contributed by atoms with E-state index in [9.17, 15) is 8.78 Å². The number of nitrogens with one attached hydrogen (secondary N) is 1. The Kier molecular flexibility index (Phi) is 5.11. The van der Waals surface area contributed by atoms with Gasteiger partial charge in [-0.2, -0.15) is 0 Å². The number of ether oxygens (including phenoxy) is 1. The minimum Gasteiger partial charge on any atom is -0.378 e. The molecule has 2 nitrogen and oxygen atoms in total. The summed E-state index contributed by atoms with van der Waals surface area (Å²) in [6.45, 7) is 2.90. The minimum absolute atomic E-state index is 0.0691. The summed E-state index contributed by atoms with van der Waals surface area (Å²) in [5, 5.41) is 3.39. The van der Waals surface area contributed by atoms with Crippen LogP contribution in [-0.4, -0.2) is 19.3 Å². The molecule has 1 aromatic rings. The van der Waals surface area contributed by atoms with Crippen molar-refractivity contribution in [3.8, 4) is 0 Å². The average Bonchev–Trinajstić information content (AvgIpc) is 2.36. The highest BCUT2D eigenvalue weighted by molar-refractivity contribution is 5.22. The van der Waals surface area contributed by atoms with Crippen LogP contribution in [0.1, 0.15) is 50.6 Å². The van der Waals surface area contributed by atoms with Crippen molar-refractivity contribution in [3.05, 3.63) is 35.4 Å². The number of hydrogen-bond acceptors (Lipinski definition) is 2. The van der Waals surface area contributed by atoms with Crippen LogP contribution in [-0.2, 0) is 4.74 Å². The van der Waals surface area contributed by atoms with E-state index < -0.39 is 11.6 Å². The van der Waals surface area contributed by atoms with E-state index in [2.05, 4.69) is 12.2 Å². The van der Waals surface area contributed by atoms with E-state index in [4.69, 9.17) is 4.74 Å². The molecule has 1 aromatic carbocycles. The van der Waals surface area contributed by atoms with Crippen molar-refractivity contribution in [2.45, 2.75) is 50.7 Å². The molecule has 0 bridgehead atoms. The molecule has 112 valence electrons. The van der Waals surface area contributed by atoms with Gasteiger partial charge in [-0.25, -0.2) is 8.78 Å². The zero-order chi connectivity index (χ0) is 14.6. The lowest BCUT2D eigenvalue weighted by Crippen LogP contribution is -2.43. The van der Waals surface area contributed by atoms with Crippen LogP contribution in [0.3, 0.4) is 0 Å². The predicted octanol–water partition coefficient (Wildman–Crippen LogP) is 3.96. The topological polar surface area (TPSA) is 21.3 Å². The molecule has 1 N–H and O–H groups in total. The molecule has 0 amide bonds. The standard InChI is InChI=1S/C16H23F2NO/c1-3-7-19-15(11-16(20-2)5-4-6-16)12-8-13(17)10-14(18)9-12/h8-10,15,19H,3-7,11H2,1-2H3. The SMILES string of the molecule is CCCNC(CC1(OC)CCC1)c1cc(F)cc(F)c1. The third-order valence-corrected chi connectivity index (χ3v) is 4.20. The zero-order valence-corrected chi connectivity index (χ0v) is 12.2. The van der Waals surface area contributed by atoms with E-state index in [1.807, 2.05) is 0 Å². The molecule has 1 saturated carbocycles. The number of methoxy groups -OCH3 is 1. The maximum absolute atomic E-state index is 13.4. The van der Waals surface area contributed by atoms with Crippen molar-refractivity contribution in [3.63, 3.8) is 0 Å². The number of halogens is 2. The van der Waals surface area contributed by atoms with Gasteiger partial charge in [0.25, 0.3) is 0 Å². The van der Waals surface area contributed by atoms with Gasteiger partial charge < -0.3 is 10.1 Å². The molecule has 0 radical (unpaired) electrons. The molecule has 1 unspecified atom stereocenters. The molecule has 0 spiro atoms. The van der Waals surface area contributed by atoms with Crippen LogP contribution in [0.4, 0.5) is 8.78 Å². The quantitative estimate of drug-likeness (QED) is 0.817. The lowest BCUT2D eigenvalue weighted by Gasteiger charge is -2.43. The van der Waals surface area contributed by atoms with E-state index in [1.54, 1.807) is 7.11 Å². The summed E-state index contributed by atoms with van der Waals surface area (Å²) in [6.07, 6.45) is 4.93. The molecule has 1 atom stereocenters. The van der Waals surface area contributed by atoms with Gasteiger partial charge in [0.05, 0.1) is 5.60 Å². The lowest BCUT2D eigenvalue weighted by molar-refractivity contribution is -0.0838. The Morgan fingerprint density at radius 2 is 1.90 bits per heavy atom. The van der Waals surface area contributed by atoms with Crippen molar-refractivity contribution in [1.82, 2.24) is 5.32 Å². The van der Waals surface area contributed by atoms with Gasteiger partial charge in [0.15, 0.2) is 0 Å². The molecular weight excluding hydrogens is 260 g/mol. The summed E-state index contributed by atoms with van der Waals surface area (Å²) >= 11 is 0. The first-order valence-corrected chi connectivity index (χ1v) is 7.33. The normalized spacial score (nSPS) is 18.6. The van der Waals surface area contributed by atoms with Gasteiger partial charge in [0.2, 0.25) is 0 Å². The predicted molar refractivity (Wildman–Crippen MR) is 75.6 cm³/mol. The first kappa shape index (κ1) is 15.4. The molecule has 0 saturated heterocycles. The van der Waals surface area contributed by atoms with Crippen molar-refractivity contribution in [2.24, 2.45) is 0 Å². The van der Waals surface area contributed by atoms with E-state index in [0.29, 0.717) is 5.56 Å². The van der Waals surface area contributed by atoms with E-state index in [1.165, 1.54) is 12.1 Å². The Morgan fingerprint density at radius 3 is 2.35 bits per heavy atom. The molecule has 4 heteroatoms. The van der Waals surface area contributed by atoms with Crippen molar-refractivity contribution in [1.29, 1.82) is 0 Å². The maximum atomic E-state index is 13.4. The molecule has 0 aromatic heterocycles. The fourth-order valence-electron chi connectivity index (χ4n) is 2.84. The summed E-state index contributed by atoms with van der Waals surface area (Å²) in [7, 11) is 1.72. The van der Waals surface area contributed by atoms with E-state index in [0.717, 1.165) is 44.7 Å². The summed E-state index contributed by atoms with van der Waals surface area (Å²) in [6, 6.07) is 3.67. The number of rotatable bonds is 7. The van der Waals surface area contributed by atoms with E-state index in [-0.39, 0.29) is 11.6 Å². The van der Waals surface area contributed by atoms with Crippen molar-refractivity contribution in [2.75, 3.05) is 13.7 Å². The molecule has 0 heterocycles. The fourth-order valence-corrected chi connectivity index (χ4v) is 2.84. The van der Waals surface area contributed by atoms with Gasteiger partial charge in [-0.3, -0.25) is 0 Å². The molecule has 1 aliphatic rings. The number of hydrogen-bond donors (Lipinski definition) is 1. The zero-order valence-electron chi connectivity index (χ0n) is 12.2. The summed E-state index contributed by atoms with van der Waals surface area (Å²) in [5.74, 6) is -1.05. The first-order chi connectivity index (χ1) is 9.58. The Balaban J connectivity index is 2.17. The van der Waals surface area contributed by atoms with E-state index >= 15 is 0 Å². The van der Waals surface area contributed by atoms with Crippen LogP contribution in [0.5, 0.6) is 0 Å². The van der Waals surface area contributed by atoms with Gasteiger partial charge in [0, 0.05) is 19.2 Å². The van der Waals surface area contributed by atoms with Crippen molar-refractivity contribution >= 4 is 0 Å². The second-order valence-corrected chi connectivity index (χ2v) is 5.65. The van der Waals surface area contributed by atoms with Gasteiger partial charge in [-0.15, -0.1) is 0 Å². The van der Waals surface area contributed by atoms with Gasteiger partial charge in [0.1, 0.15) is 11.6 Å². The monoisotopic (exact) mass is 283 g/mol. The number of benzene rings is 1. The molecule has 1 aliphatic carbocycles. The van der Waals surface area contributed by atoms with Gasteiger partial charge in [-0.05, 0) is 56.3 Å². The first-order valence-electron chi connectivity index (χ1n) is 7.33.